The summed E-state index contributed by atoms with van der Waals surface area (Å²) in [5, 5.41) is 3.70. The molecular formula is C24H48S2. The van der Waals surface area contributed by atoms with Crippen LogP contribution < -0.4 is 0 Å². The molecule has 0 N–H and O–H groups in total. The van der Waals surface area contributed by atoms with E-state index in [2.05, 4.69) is 51.3 Å². The van der Waals surface area contributed by atoms with Gasteiger partial charge in [0.25, 0.3) is 0 Å². The summed E-state index contributed by atoms with van der Waals surface area (Å²) < 4.78 is 0. The minimum atomic E-state index is 1.21. The average molecular weight is 401 g/mol. The van der Waals surface area contributed by atoms with Crippen LogP contribution >= 0.6 is 25.3 Å². The second-order valence-corrected chi connectivity index (χ2v) is 7.89. The van der Waals surface area contributed by atoms with Crippen LogP contribution in [0.2, 0.25) is 0 Å². The Bertz CT molecular complexity index is 271. The molecule has 0 aliphatic rings. The van der Waals surface area contributed by atoms with Crippen LogP contribution in [-0.4, -0.2) is 0 Å². The first kappa shape index (κ1) is 28.4. The first-order valence-corrected chi connectivity index (χ1v) is 12.4. The summed E-state index contributed by atoms with van der Waals surface area (Å²) in [5.74, 6) is 0. The van der Waals surface area contributed by atoms with Crippen LogP contribution in [0.1, 0.15) is 129 Å². The van der Waals surface area contributed by atoms with E-state index in [1.165, 1.54) is 116 Å². The summed E-state index contributed by atoms with van der Waals surface area (Å²) in [4.78, 5) is 0. The molecule has 0 atom stereocenters. The smallest absolute Gasteiger partial charge is 0.0343 e. The summed E-state index contributed by atoms with van der Waals surface area (Å²) in [6.45, 7) is 4.53. The quantitative estimate of drug-likeness (QED) is 0.166. The van der Waals surface area contributed by atoms with E-state index in [0.29, 0.717) is 0 Å². The highest BCUT2D eigenvalue weighted by atomic mass is 32.1. The van der Waals surface area contributed by atoms with Gasteiger partial charge in [-0.25, -0.2) is 0 Å². The minimum Gasteiger partial charge on any atom is -0.152 e. The van der Waals surface area contributed by atoms with Gasteiger partial charge in [-0.05, 0) is 36.5 Å². The molecular weight excluding hydrogens is 352 g/mol. The van der Waals surface area contributed by atoms with Gasteiger partial charge in [-0.1, -0.05) is 116 Å². The van der Waals surface area contributed by atoms with Gasteiger partial charge in [0, 0.05) is 0 Å². The molecule has 0 aliphatic carbocycles. The molecule has 2 heteroatoms. The molecule has 156 valence electrons. The standard InChI is InChI=1S/C13H26S.C11H22S/c1-2-3-4-5-6-7-8-9-10-11-12-13-14;1-2-3-4-5-6-7-8-9-10-11-12/h12-14H,2-11H2,1H3;10-12H,2-9H2,1H3. The molecule has 0 bridgehead atoms. The van der Waals surface area contributed by atoms with Crippen LogP contribution in [0.25, 0.3) is 0 Å². The van der Waals surface area contributed by atoms with E-state index in [1.54, 1.807) is 0 Å². The van der Waals surface area contributed by atoms with Crippen LogP contribution in [0.4, 0.5) is 0 Å². The van der Waals surface area contributed by atoms with E-state index < -0.39 is 0 Å². The van der Waals surface area contributed by atoms with Crippen molar-refractivity contribution >= 4 is 25.3 Å². The van der Waals surface area contributed by atoms with Crippen LogP contribution in [0, 0.1) is 0 Å². The Kier molecular flexibility index (Phi) is 32.7. The number of hydrogen-bond acceptors (Lipinski definition) is 2. The van der Waals surface area contributed by atoms with E-state index in [-0.39, 0.29) is 0 Å². The van der Waals surface area contributed by atoms with Crippen LogP contribution in [0.15, 0.2) is 23.0 Å². The Morgan fingerprint density at radius 3 is 0.962 bits per heavy atom. The van der Waals surface area contributed by atoms with Crippen LogP contribution in [0.3, 0.4) is 0 Å². The lowest BCUT2D eigenvalue weighted by Gasteiger charge is -2.00. The zero-order chi connectivity index (χ0) is 19.6. The molecule has 26 heavy (non-hydrogen) atoms. The fourth-order valence-corrected chi connectivity index (χ4v) is 3.24. The highest BCUT2D eigenvalue weighted by molar-refractivity contribution is 7.83. The maximum absolute atomic E-state index is 4.03. The summed E-state index contributed by atoms with van der Waals surface area (Å²) in [6, 6.07) is 0. The first-order chi connectivity index (χ1) is 12.8. The molecule has 0 radical (unpaired) electrons. The lowest BCUT2D eigenvalue weighted by Crippen LogP contribution is -1.80. The monoisotopic (exact) mass is 400 g/mol. The lowest BCUT2D eigenvalue weighted by atomic mass is 10.1. The van der Waals surface area contributed by atoms with Crippen molar-refractivity contribution in [3.8, 4) is 0 Å². The fourth-order valence-electron chi connectivity index (χ4n) is 2.94. The summed E-state index contributed by atoms with van der Waals surface area (Å²) in [7, 11) is 0. The summed E-state index contributed by atoms with van der Waals surface area (Å²) >= 11 is 8.04. The Morgan fingerprint density at radius 2 is 0.692 bits per heavy atom. The topological polar surface area (TPSA) is 0 Å². The number of thiol groups is 2. The van der Waals surface area contributed by atoms with Crippen molar-refractivity contribution in [3.63, 3.8) is 0 Å². The van der Waals surface area contributed by atoms with E-state index >= 15 is 0 Å². The molecule has 0 saturated carbocycles. The average Bonchev–Trinajstić information content (AvgIpc) is 2.66. The van der Waals surface area contributed by atoms with Crippen molar-refractivity contribution in [3.05, 3.63) is 23.0 Å². The number of allylic oxidation sites excluding steroid dienone is 2. The number of rotatable bonds is 18. The van der Waals surface area contributed by atoms with Gasteiger partial charge in [0.15, 0.2) is 0 Å². The molecule has 0 heterocycles. The minimum absolute atomic E-state index is 1.21. The van der Waals surface area contributed by atoms with Gasteiger partial charge in [0.05, 0.1) is 0 Å². The Hall–Kier alpha value is 0.180. The summed E-state index contributed by atoms with van der Waals surface area (Å²) in [5.41, 5.74) is 0. The largest absolute Gasteiger partial charge is 0.152 e. The maximum Gasteiger partial charge on any atom is -0.0343 e. The summed E-state index contributed by atoms with van der Waals surface area (Å²) in [6.07, 6.45) is 29.2. The third-order valence-corrected chi connectivity index (χ3v) is 5.08. The Balaban J connectivity index is 0. The molecule has 0 amide bonds. The number of hydrogen-bond donors (Lipinski definition) is 2. The molecule has 0 nitrogen and oxygen atoms in total. The molecule has 0 saturated heterocycles. The SMILES string of the molecule is CCCCCCCCCC=CS.CCCCCCCCCCCC=CS. The third-order valence-electron chi connectivity index (χ3n) is 4.66. The fraction of sp³-hybridized carbons (Fsp3) is 0.833. The zero-order valence-corrected chi connectivity index (χ0v) is 19.7. The van der Waals surface area contributed by atoms with Gasteiger partial charge in [-0.15, -0.1) is 0 Å². The number of unbranched alkanes of at least 4 members (excludes halogenated alkanes) is 16. The van der Waals surface area contributed by atoms with Gasteiger partial charge in [-0.3, -0.25) is 0 Å². The normalized spacial score (nSPS) is 11.2. The molecule has 0 aromatic heterocycles. The Morgan fingerprint density at radius 1 is 0.423 bits per heavy atom. The maximum atomic E-state index is 4.03. The van der Waals surface area contributed by atoms with E-state index in [9.17, 15) is 0 Å². The van der Waals surface area contributed by atoms with Crippen molar-refractivity contribution < 1.29 is 0 Å². The third kappa shape index (κ3) is 31.9. The lowest BCUT2D eigenvalue weighted by molar-refractivity contribution is 0.566. The van der Waals surface area contributed by atoms with Crippen LogP contribution in [0.5, 0.6) is 0 Å². The molecule has 0 aromatic rings. The van der Waals surface area contributed by atoms with Crippen molar-refractivity contribution in [1.82, 2.24) is 0 Å². The zero-order valence-electron chi connectivity index (χ0n) is 17.9. The highest BCUT2D eigenvalue weighted by Gasteiger charge is 1.91. The van der Waals surface area contributed by atoms with Crippen molar-refractivity contribution in [1.29, 1.82) is 0 Å². The van der Waals surface area contributed by atoms with E-state index in [1.807, 2.05) is 10.8 Å². The predicted molar refractivity (Wildman–Crippen MR) is 131 cm³/mol. The Labute approximate surface area is 177 Å². The van der Waals surface area contributed by atoms with Gasteiger partial charge in [-0.2, -0.15) is 25.3 Å². The highest BCUT2D eigenvalue weighted by Crippen LogP contribution is 2.10. The molecule has 0 aromatic carbocycles. The van der Waals surface area contributed by atoms with Gasteiger partial charge in [0.1, 0.15) is 0 Å². The second kappa shape index (κ2) is 29.9. The van der Waals surface area contributed by atoms with Gasteiger partial charge < -0.3 is 0 Å². The second-order valence-electron chi connectivity index (χ2n) is 7.30. The first-order valence-electron chi connectivity index (χ1n) is 11.4. The van der Waals surface area contributed by atoms with Gasteiger partial charge >= 0.3 is 0 Å². The van der Waals surface area contributed by atoms with Crippen molar-refractivity contribution in [2.45, 2.75) is 129 Å². The molecule has 0 spiro atoms. The molecule has 0 unspecified atom stereocenters. The van der Waals surface area contributed by atoms with Crippen LogP contribution in [-0.2, 0) is 0 Å². The predicted octanol–water partition coefficient (Wildman–Crippen LogP) is 9.92. The van der Waals surface area contributed by atoms with Crippen molar-refractivity contribution in [2.75, 3.05) is 0 Å². The van der Waals surface area contributed by atoms with E-state index in [4.69, 9.17) is 0 Å². The molecule has 0 rings (SSSR count). The molecule has 0 fully saturated rings. The van der Waals surface area contributed by atoms with E-state index in [0.717, 1.165) is 0 Å². The molecule has 0 aliphatic heterocycles. The van der Waals surface area contributed by atoms with Crippen molar-refractivity contribution in [2.24, 2.45) is 0 Å². The van der Waals surface area contributed by atoms with Gasteiger partial charge in [0.2, 0.25) is 0 Å².